The Bertz CT molecular complexity index is 266. The van der Waals surface area contributed by atoms with Crippen molar-refractivity contribution in [3.63, 3.8) is 0 Å². The van der Waals surface area contributed by atoms with E-state index in [-0.39, 0.29) is 0 Å². The monoisotopic (exact) mass is 266 g/mol. The molecule has 1 aliphatic carbocycles. The van der Waals surface area contributed by atoms with Crippen molar-refractivity contribution in [2.24, 2.45) is 17.3 Å². The van der Waals surface area contributed by atoms with Gasteiger partial charge in [-0.2, -0.15) is 0 Å². The quantitative estimate of drug-likeness (QED) is 0.837. The third kappa shape index (κ3) is 4.46. The second-order valence-corrected chi connectivity index (χ2v) is 7.78. The maximum atomic E-state index is 3.89. The zero-order chi connectivity index (χ0) is 13.9. The van der Waals surface area contributed by atoms with Gasteiger partial charge in [0.2, 0.25) is 0 Å². The highest BCUT2D eigenvalue weighted by molar-refractivity contribution is 4.87. The molecule has 2 heteroatoms. The smallest absolute Gasteiger partial charge is 0.00932 e. The molecule has 1 aliphatic heterocycles. The molecule has 1 saturated heterocycles. The minimum atomic E-state index is 0.573. The van der Waals surface area contributed by atoms with Gasteiger partial charge in [0.25, 0.3) is 0 Å². The van der Waals surface area contributed by atoms with E-state index in [0.29, 0.717) is 5.41 Å². The van der Waals surface area contributed by atoms with Crippen molar-refractivity contribution < 1.29 is 0 Å². The van der Waals surface area contributed by atoms with Gasteiger partial charge in [-0.25, -0.2) is 0 Å². The Morgan fingerprint density at radius 3 is 2.42 bits per heavy atom. The highest BCUT2D eigenvalue weighted by atomic mass is 15.1. The molecule has 1 saturated carbocycles. The van der Waals surface area contributed by atoms with Gasteiger partial charge in [0.1, 0.15) is 0 Å². The number of nitrogens with zero attached hydrogens (tertiary/aromatic N) is 1. The molecule has 2 aliphatic rings. The summed E-state index contributed by atoms with van der Waals surface area (Å²) in [6.07, 6.45) is 6.95. The number of rotatable bonds is 4. The van der Waals surface area contributed by atoms with Crippen molar-refractivity contribution in [2.75, 3.05) is 26.2 Å². The largest absolute Gasteiger partial charge is 0.313 e. The SMILES string of the molecule is CCN1CCC(CNC2CCC(C)(C)CC2C)CC1. The third-order valence-corrected chi connectivity index (χ3v) is 5.52. The van der Waals surface area contributed by atoms with Crippen molar-refractivity contribution in [2.45, 2.75) is 65.8 Å². The molecule has 2 rings (SSSR count). The number of hydrogen-bond donors (Lipinski definition) is 1. The molecule has 1 N–H and O–H groups in total. The third-order valence-electron chi connectivity index (χ3n) is 5.52. The summed E-state index contributed by atoms with van der Waals surface area (Å²) in [5.41, 5.74) is 0.573. The number of nitrogens with one attached hydrogen (secondary N) is 1. The van der Waals surface area contributed by atoms with Gasteiger partial charge < -0.3 is 10.2 Å². The molecule has 1 heterocycles. The summed E-state index contributed by atoms with van der Waals surface area (Å²) < 4.78 is 0. The van der Waals surface area contributed by atoms with Crippen molar-refractivity contribution in [3.8, 4) is 0 Å². The van der Waals surface area contributed by atoms with Gasteiger partial charge in [0.05, 0.1) is 0 Å². The molecule has 2 nitrogen and oxygen atoms in total. The molecule has 0 radical (unpaired) electrons. The van der Waals surface area contributed by atoms with Gasteiger partial charge in [-0.15, -0.1) is 0 Å². The molecule has 0 aromatic carbocycles. The maximum Gasteiger partial charge on any atom is 0.00932 e. The molecule has 2 unspecified atom stereocenters. The number of likely N-dealkylation sites (tertiary alicyclic amines) is 1. The molecule has 0 aromatic rings. The normalized spacial score (nSPS) is 33.5. The summed E-state index contributed by atoms with van der Waals surface area (Å²) in [5, 5.41) is 3.89. The molecule has 0 aromatic heterocycles. The lowest BCUT2D eigenvalue weighted by Gasteiger charge is -2.40. The Labute approximate surface area is 120 Å². The second-order valence-electron chi connectivity index (χ2n) is 7.78. The first-order valence-corrected chi connectivity index (χ1v) is 8.46. The molecule has 2 fully saturated rings. The van der Waals surface area contributed by atoms with E-state index in [1.54, 1.807) is 0 Å². The van der Waals surface area contributed by atoms with Crippen LogP contribution < -0.4 is 5.32 Å². The van der Waals surface area contributed by atoms with Crippen molar-refractivity contribution >= 4 is 0 Å². The van der Waals surface area contributed by atoms with E-state index in [4.69, 9.17) is 0 Å². The van der Waals surface area contributed by atoms with Gasteiger partial charge in [-0.3, -0.25) is 0 Å². The van der Waals surface area contributed by atoms with Gasteiger partial charge in [-0.1, -0.05) is 27.7 Å². The molecular formula is C17H34N2. The molecular weight excluding hydrogens is 232 g/mol. The summed E-state index contributed by atoms with van der Waals surface area (Å²) in [6, 6.07) is 0.775. The van der Waals surface area contributed by atoms with Crippen molar-refractivity contribution in [1.82, 2.24) is 10.2 Å². The van der Waals surface area contributed by atoms with E-state index in [1.807, 2.05) is 0 Å². The van der Waals surface area contributed by atoms with E-state index in [9.17, 15) is 0 Å². The number of piperidine rings is 1. The summed E-state index contributed by atoms with van der Waals surface area (Å²) >= 11 is 0. The topological polar surface area (TPSA) is 15.3 Å². The van der Waals surface area contributed by atoms with Gasteiger partial charge >= 0.3 is 0 Å². The summed E-state index contributed by atoms with van der Waals surface area (Å²) in [4.78, 5) is 2.59. The maximum absolute atomic E-state index is 3.89. The first kappa shape index (κ1) is 15.3. The van der Waals surface area contributed by atoms with E-state index < -0.39 is 0 Å². The minimum absolute atomic E-state index is 0.573. The Morgan fingerprint density at radius 1 is 1.16 bits per heavy atom. The van der Waals surface area contributed by atoms with Crippen LogP contribution in [0.15, 0.2) is 0 Å². The lowest BCUT2D eigenvalue weighted by Crippen LogP contribution is -2.45. The van der Waals surface area contributed by atoms with Crippen LogP contribution in [0.1, 0.15) is 59.8 Å². The number of hydrogen-bond acceptors (Lipinski definition) is 2. The first-order valence-electron chi connectivity index (χ1n) is 8.46. The van der Waals surface area contributed by atoms with E-state index in [0.717, 1.165) is 17.9 Å². The summed E-state index contributed by atoms with van der Waals surface area (Å²) in [7, 11) is 0. The van der Waals surface area contributed by atoms with E-state index in [1.165, 1.54) is 58.3 Å². The molecule has 0 amide bonds. The van der Waals surface area contributed by atoms with Crippen LogP contribution in [0.4, 0.5) is 0 Å². The molecule has 19 heavy (non-hydrogen) atoms. The molecule has 0 spiro atoms. The fourth-order valence-electron chi connectivity index (χ4n) is 4.07. The van der Waals surface area contributed by atoms with Gasteiger partial charge in [-0.05, 0) is 75.5 Å². The molecule has 0 bridgehead atoms. The average molecular weight is 266 g/mol. The van der Waals surface area contributed by atoms with Crippen LogP contribution in [0.25, 0.3) is 0 Å². The van der Waals surface area contributed by atoms with E-state index >= 15 is 0 Å². The van der Waals surface area contributed by atoms with E-state index in [2.05, 4.69) is 37.9 Å². The average Bonchev–Trinajstić information content (AvgIpc) is 2.37. The second kappa shape index (κ2) is 6.58. The van der Waals surface area contributed by atoms with Gasteiger partial charge in [0.15, 0.2) is 0 Å². The highest BCUT2D eigenvalue weighted by Gasteiger charge is 2.32. The predicted octanol–water partition coefficient (Wildman–Crippen LogP) is 3.52. The first-order chi connectivity index (χ1) is 9.00. The van der Waals surface area contributed by atoms with Crippen LogP contribution in [0.3, 0.4) is 0 Å². The Morgan fingerprint density at radius 2 is 1.84 bits per heavy atom. The zero-order valence-corrected chi connectivity index (χ0v) is 13.5. The minimum Gasteiger partial charge on any atom is -0.313 e. The predicted molar refractivity (Wildman–Crippen MR) is 83.4 cm³/mol. The highest BCUT2D eigenvalue weighted by Crippen LogP contribution is 2.38. The van der Waals surface area contributed by atoms with Crippen LogP contribution in [-0.2, 0) is 0 Å². The fraction of sp³-hybridized carbons (Fsp3) is 1.00. The lowest BCUT2D eigenvalue weighted by molar-refractivity contribution is 0.136. The zero-order valence-electron chi connectivity index (χ0n) is 13.5. The lowest BCUT2D eigenvalue weighted by atomic mass is 9.70. The standard InChI is InChI=1S/C17H34N2/c1-5-19-10-7-15(8-11-19)13-18-16-6-9-17(3,4)12-14(16)2/h14-16,18H,5-13H2,1-4H3. The van der Waals surface area contributed by atoms with Crippen LogP contribution in [0.2, 0.25) is 0 Å². The summed E-state index contributed by atoms with van der Waals surface area (Å²) in [6.45, 7) is 14.7. The summed E-state index contributed by atoms with van der Waals surface area (Å²) in [5.74, 6) is 1.77. The van der Waals surface area contributed by atoms with Crippen LogP contribution in [0.5, 0.6) is 0 Å². The van der Waals surface area contributed by atoms with Crippen molar-refractivity contribution in [1.29, 1.82) is 0 Å². The fourth-order valence-corrected chi connectivity index (χ4v) is 4.07. The van der Waals surface area contributed by atoms with Crippen LogP contribution in [0, 0.1) is 17.3 Å². The Kier molecular flexibility index (Phi) is 5.30. The molecule has 2 atom stereocenters. The van der Waals surface area contributed by atoms with Gasteiger partial charge in [0, 0.05) is 6.04 Å². The van der Waals surface area contributed by atoms with Crippen LogP contribution >= 0.6 is 0 Å². The Hall–Kier alpha value is -0.0800. The van der Waals surface area contributed by atoms with Crippen molar-refractivity contribution in [3.05, 3.63) is 0 Å². The Balaban J connectivity index is 1.69. The molecule has 112 valence electrons. The van der Waals surface area contributed by atoms with Crippen LogP contribution in [-0.4, -0.2) is 37.1 Å².